The second kappa shape index (κ2) is 6.90. The van der Waals surface area contributed by atoms with Crippen molar-refractivity contribution in [2.75, 3.05) is 32.8 Å². The second-order valence-electron chi connectivity index (χ2n) is 5.32. The predicted octanol–water partition coefficient (Wildman–Crippen LogP) is 1.58. The number of rotatable bonds is 6. The van der Waals surface area contributed by atoms with Gasteiger partial charge in [-0.1, -0.05) is 13.8 Å². The van der Waals surface area contributed by atoms with E-state index in [1.807, 2.05) is 6.07 Å². The number of furan rings is 1. The van der Waals surface area contributed by atoms with Crippen molar-refractivity contribution in [3.8, 4) is 0 Å². The van der Waals surface area contributed by atoms with Crippen molar-refractivity contribution in [3.05, 3.63) is 23.7 Å². The fourth-order valence-electron chi connectivity index (χ4n) is 2.57. The third-order valence-electron chi connectivity index (χ3n) is 3.98. The molecule has 1 saturated heterocycles. The van der Waals surface area contributed by atoms with Crippen molar-refractivity contribution in [1.82, 2.24) is 9.80 Å². The zero-order valence-electron chi connectivity index (χ0n) is 12.3. The van der Waals surface area contributed by atoms with Gasteiger partial charge in [-0.3, -0.25) is 9.69 Å². The first-order chi connectivity index (χ1) is 9.67. The molecule has 0 aliphatic carbocycles. The first-order valence-electron chi connectivity index (χ1n) is 7.39. The van der Waals surface area contributed by atoms with Crippen LogP contribution >= 0.6 is 0 Å². The van der Waals surface area contributed by atoms with Crippen LogP contribution < -0.4 is 0 Å². The third-order valence-corrected chi connectivity index (χ3v) is 3.98. The van der Waals surface area contributed by atoms with Crippen LogP contribution in [0, 0.1) is 5.92 Å². The molecule has 0 radical (unpaired) electrons. The number of carbonyl (C=O) groups excluding carboxylic acids is 1. The van der Waals surface area contributed by atoms with E-state index in [1.54, 1.807) is 11.0 Å². The quantitative estimate of drug-likeness (QED) is 0.859. The minimum Gasteiger partial charge on any atom is -0.455 e. The summed E-state index contributed by atoms with van der Waals surface area (Å²) in [5.74, 6) is 1.39. The van der Waals surface area contributed by atoms with E-state index in [9.17, 15) is 4.79 Å². The van der Waals surface area contributed by atoms with Crippen LogP contribution in [-0.4, -0.2) is 53.6 Å². The summed E-state index contributed by atoms with van der Waals surface area (Å²) in [7, 11) is 0. The highest BCUT2D eigenvalue weighted by molar-refractivity contribution is 5.91. The lowest BCUT2D eigenvalue weighted by molar-refractivity contribution is 0.0746. The van der Waals surface area contributed by atoms with Gasteiger partial charge in [0.1, 0.15) is 5.76 Å². The number of likely N-dealkylation sites (tertiary alicyclic amines) is 1. The van der Waals surface area contributed by atoms with E-state index in [1.165, 1.54) is 0 Å². The molecule has 2 heterocycles. The highest BCUT2D eigenvalue weighted by Gasteiger charge is 2.28. The molecule has 1 unspecified atom stereocenters. The Morgan fingerprint density at radius 1 is 1.45 bits per heavy atom. The van der Waals surface area contributed by atoms with Gasteiger partial charge in [-0.05, 0) is 31.6 Å². The molecule has 1 aliphatic heterocycles. The average Bonchev–Trinajstić information content (AvgIpc) is 3.13. The number of nitrogens with zero attached hydrogens (tertiary/aromatic N) is 2. The smallest absolute Gasteiger partial charge is 0.289 e. The molecule has 2 rings (SSSR count). The highest BCUT2D eigenvalue weighted by Crippen LogP contribution is 2.19. The van der Waals surface area contributed by atoms with Gasteiger partial charge in [0, 0.05) is 25.6 Å². The van der Waals surface area contributed by atoms with Crippen molar-refractivity contribution in [2.24, 2.45) is 5.92 Å². The summed E-state index contributed by atoms with van der Waals surface area (Å²) in [5, 5.41) is 9.13. The zero-order chi connectivity index (χ0) is 14.5. The number of aliphatic hydroxyl groups excluding tert-OH is 1. The Morgan fingerprint density at radius 3 is 2.80 bits per heavy atom. The summed E-state index contributed by atoms with van der Waals surface area (Å²) in [5.41, 5.74) is 0. The monoisotopic (exact) mass is 280 g/mol. The summed E-state index contributed by atoms with van der Waals surface area (Å²) in [4.78, 5) is 16.3. The molecule has 0 spiro atoms. The van der Waals surface area contributed by atoms with Gasteiger partial charge in [-0.15, -0.1) is 0 Å². The zero-order valence-corrected chi connectivity index (χ0v) is 12.3. The van der Waals surface area contributed by atoms with Crippen molar-refractivity contribution in [1.29, 1.82) is 0 Å². The lowest BCUT2D eigenvalue weighted by Crippen LogP contribution is -2.28. The number of hydrogen-bond donors (Lipinski definition) is 1. The van der Waals surface area contributed by atoms with Crippen molar-refractivity contribution < 1.29 is 14.3 Å². The van der Waals surface area contributed by atoms with E-state index in [4.69, 9.17) is 9.52 Å². The topological polar surface area (TPSA) is 56.9 Å². The van der Waals surface area contributed by atoms with Crippen LogP contribution in [-0.2, 0) is 6.54 Å². The van der Waals surface area contributed by atoms with Gasteiger partial charge in [0.2, 0.25) is 0 Å². The van der Waals surface area contributed by atoms with Crippen molar-refractivity contribution >= 4 is 5.91 Å². The van der Waals surface area contributed by atoms with Gasteiger partial charge in [-0.2, -0.15) is 0 Å². The standard InChI is InChI=1S/C15H24N2O3/c1-3-16(4-2)10-13-5-6-14(20-13)15(19)17-8-7-12(9-17)11-18/h5-6,12,18H,3-4,7-11H2,1-2H3. The van der Waals surface area contributed by atoms with E-state index in [2.05, 4.69) is 18.7 Å². The molecule has 112 valence electrons. The molecule has 1 aliphatic rings. The maximum absolute atomic E-state index is 12.3. The molecule has 0 saturated carbocycles. The number of amides is 1. The molecule has 1 aromatic heterocycles. The van der Waals surface area contributed by atoms with Gasteiger partial charge in [0.05, 0.1) is 6.54 Å². The number of carbonyl (C=O) groups is 1. The fourth-order valence-corrected chi connectivity index (χ4v) is 2.57. The largest absolute Gasteiger partial charge is 0.455 e. The van der Waals surface area contributed by atoms with Gasteiger partial charge < -0.3 is 14.4 Å². The van der Waals surface area contributed by atoms with Gasteiger partial charge in [-0.25, -0.2) is 0 Å². The van der Waals surface area contributed by atoms with Gasteiger partial charge in [0.15, 0.2) is 5.76 Å². The van der Waals surface area contributed by atoms with Crippen LogP contribution in [0.15, 0.2) is 16.5 Å². The van der Waals surface area contributed by atoms with Gasteiger partial charge in [0.25, 0.3) is 5.91 Å². The molecular formula is C15H24N2O3. The van der Waals surface area contributed by atoms with Gasteiger partial charge >= 0.3 is 0 Å². The molecule has 1 fully saturated rings. The van der Waals surface area contributed by atoms with Crippen molar-refractivity contribution in [3.63, 3.8) is 0 Å². The Morgan fingerprint density at radius 2 is 2.20 bits per heavy atom. The minimum atomic E-state index is -0.0632. The summed E-state index contributed by atoms with van der Waals surface area (Å²) < 4.78 is 5.67. The molecule has 1 N–H and O–H groups in total. The van der Waals surface area contributed by atoms with Crippen LogP contribution in [0.25, 0.3) is 0 Å². The van der Waals surface area contributed by atoms with E-state index >= 15 is 0 Å². The van der Waals surface area contributed by atoms with E-state index < -0.39 is 0 Å². The predicted molar refractivity (Wildman–Crippen MR) is 76.4 cm³/mol. The molecular weight excluding hydrogens is 256 g/mol. The maximum Gasteiger partial charge on any atom is 0.289 e. The van der Waals surface area contributed by atoms with Crippen LogP contribution in [0.5, 0.6) is 0 Å². The summed E-state index contributed by atoms with van der Waals surface area (Å²) in [6, 6.07) is 3.64. The third kappa shape index (κ3) is 3.41. The molecule has 20 heavy (non-hydrogen) atoms. The first-order valence-corrected chi connectivity index (χ1v) is 7.39. The molecule has 1 aromatic rings. The average molecular weight is 280 g/mol. The number of aliphatic hydroxyl groups is 1. The first kappa shape index (κ1) is 15.1. The van der Waals surface area contributed by atoms with E-state index in [0.29, 0.717) is 18.8 Å². The summed E-state index contributed by atoms with van der Waals surface area (Å²) >= 11 is 0. The Balaban J connectivity index is 1.96. The van der Waals surface area contributed by atoms with E-state index in [0.717, 1.165) is 31.8 Å². The molecule has 5 heteroatoms. The fraction of sp³-hybridized carbons (Fsp3) is 0.667. The molecule has 1 amide bonds. The SMILES string of the molecule is CCN(CC)Cc1ccc(C(=O)N2CCC(CO)C2)o1. The Kier molecular flexibility index (Phi) is 5.20. The Bertz CT molecular complexity index is 440. The molecule has 0 bridgehead atoms. The van der Waals surface area contributed by atoms with Crippen LogP contribution in [0.1, 0.15) is 36.6 Å². The molecule has 5 nitrogen and oxygen atoms in total. The Hall–Kier alpha value is -1.33. The second-order valence-corrected chi connectivity index (χ2v) is 5.32. The summed E-state index contributed by atoms with van der Waals surface area (Å²) in [6.07, 6.45) is 0.870. The van der Waals surface area contributed by atoms with Crippen LogP contribution in [0.4, 0.5) is 0 Å². The maximum atomic E-state index is 12.3. The Labute approximate surface area is 120 Å². The molecule has 1 atom stereocenters. The summed E-state index contributed by atoms with van der Waals surface area (Å²) in [6.45, 7) is 8.36. The normalized spacial score (nSPS) is 19.0. The van der Waals surface area contributed by atoms with Crippen molar-refractivity contribution in [2.45, 2.75) is 26.8 Å². The highest BCUT2D eigenvalue weighted by atomic mass is 16.4. The minimum absolute atomic E-state index is 0.0632. The number of hydrogen-bond acceptors (Lipinski definition) is 4. The van der Waals surface area contributed by atoms with E-state index in [-0.39, 0.29) is 18.4 Å². The molecule has 0 aromatic carbocycles. The van der Waals surface area contributed by atoms with Crippen LogP contribution in [0.2, 0.25) is 0 Å². The lowest BCUT2D eigenvalue weighted by atomic mass is 10.1. The lowest BCUT2D eigenvalue weighted by Gasteiger charge is -2.16. The van der Waals surface area contributed by atoms with Crippen LogP contribution in [0.3, 0.4) is 0 Å².